The molecule has 0 amide bonds. The number of likely N-dealkylation sites (tertiary alicyclic amines) is 1. The van der Waals surface area contributed by atoms with Crippen LogP contribution in [0.15, 0.2) is 29.2 Å². The topological polar surface area (TPSA) is 61.4 Å². The van der Waals surface area contributed by atoms with Gasteiger partial charge in [-0.2, -0.15) is 0 Å². The minimum atomic E-state index is -3.35. The van der Waals surface area contributed by atoms with Crippen LogP contribution in [0.4, 0.5) is 5.69 Å². The maximum absolute atomic E-state index is 11.8. The molecule has 0 aromatic heterocycles. The number of sulfonamides is 1. The first-order valence-corrected chi connectivity index (χ1v) is 9.01. The van der Waals surface area contributed by atoms with Gasteiger partial charge in [-0.05, 0) is 56.6 Å². The molecule has 0 bridgehead atoms. The molecule has 5 nitrogen and oxygen atoms in total. The molecule has 0 saturated carbocycles. The van der Waals surface area contributed by atoms with Gasteiger partial charge in [0.2, 0.25) is 10.0 Å². The van der Waals surface area contributed by atoms with Crippen molar-refractivity contribution in [2.75, 3.05) is 38.5 Å². The smallest absolute Gasteiger partial charge is 0.240 e. The Kier molecular flexibility index (Phi) is 5.61. The summed E-state index contributed by atoms with van der Waals surface area (Å²) >= 11 is 0. The lowest BCUT2D eigenvalue weighted by Crippen LogP contribution is -2.35. The Morgan fingerprint density at radius 3 is 2.62 bits per heavy atom. The minimum Gasteiger partial charge on any atom is -0.385 e. The van der Waals surface area contributed by atoms with E-state index in [4.69, 9.17) is 0 Å². The lowest BCUT2D eigenvalue weighted by Gasteiger charge is -2.29. The van der Waals surface area contributed by atoms with E-state index >= 15 is 0 Å². The fraction of sp³-hybridized carbons (Fsp3) is 0.600. The number of nitrogens with one attached hydrogen (secondary N) is 2. The van der Waals surface area contributed by atoms with Crippen LogP contribution in [0.25, 0.3) is 0 Å². The van der Waals surface area contributed by atoms with Gasteiger partial charge in [0.25, 0.3) is 0 Å². The molecular formula is C15H25N3O2S. The number of benzene rings is 1. The Morgan fingerprint density at radius 1 is 1.29 bits per heavy atom. The quantitative estimate of drug-likeness (QED) is 0.840. The second-order valence-corrected chi connectivity index (χ2v) is 7.44. The van der Waals surface area contributed by atoms with Gasteiger partial charge in [0, 0.05) is 25.3 Å². The van der Waals surface area contributed by atoms with Crippen molar-refractivity contribution in [3.05, 3.63) is 24.3 Å². The molecule has 118 valence electrons. The molecule has 21 heavy (non-hydrogen) atoms. The second-order valence-electron chi connectivity index (χ2n) is 5.68. The highest BCUT2D eigenvalue weighted by Gasteiger charge is 2.17. The summed E-state index contributed by atoms with van der Waals surface area (Å²) in [6, 6.07) is 6.95. The SMILES string of the molecule is CCNS(=O)(=O)c1ccc(NCC2CCCN(C)C2)cc1. The van der Waals surface area contributed by atoms with E-state index in [1.165, 1.54) is 19.4 Å². The standard InChI is InChI=1S/C15H25N3O2S/c1-3-17-21(19,20)15-8-6-14(7-9-15)16-11-13-5-4-10-18(2)12-13/h6-9,13,16-17H,3-5,10-12H2,1-2H3. The van der Waals surface area contributed by atoms with Crippen LogP contribution in [0.1, 0.15) is 19.8 Å². The molecule has 1 heterocycles. The van der Waals surface area contributed by atoms with E-state index in [2.05, 4.69) is 22.0 Å². The van der Waals surface area contributed by atoms with Crippen molar-refractivity contribution in [3.8, 4) is 0 Å². The average Bonchev–Trinajstić information content (AvgIpc) is 2.46. The van der Waals surface area contributed by atoms with Gasteiger partial charge in [-0.25, -0.2) is 13.1 Å². The molecule has 1 unspecified atom stereocenters. The number of hydrogen-bond acceptors (Lipinski definition) is 4. The number of hydrogen-bond donors (Lipinski definition) is 2. The Morgan fingerprint density at radius 2 is 2.00 bits per heavy atom. The molecule has 0 radical (unpaired) electrons. The molecule has 1 saturated heterocycles. The van der Waals surface area contributed by atoms with Crippen LogP contribution < -0.4 is 10.0 Å². The summed E-state index contributed by atoms with van der Waals surface area (Å²) in [6.07, 6.45) is 2.51. The van der Waals surface area contributed by atoms with Crippen molar-refractivity contribution in [1.29, 1.82) is 0 Å². The van der Waals surface area contributed by atoms with Crippen molar-refractivity contribution in [3.63, 3.8) is 0 Å². The predicted molar refractivity (Wildman–Crippen MR) is 86.0 cm³/mol. The van der Waals surface area contributed by atoms with Crippen LogP contribution >= 0.6 is 0 Å². The Hall–Kier alpha value is -1.11. The third-order valence-corrected chi connectivity index (χ3v) is 5.38. The first-order chi connectivity index (χ1) is 10.0. The monoisotopic (exact) mass is 311 g/mol. The minimum absolute atomic E-state index is 0.312. The normalized spacial score (nSPS) is 20.4. The zero-order valence-electron chi connectivity index (χ0n) is 12.8. The number of nitrogens with zero attached hydrogens (tertiary/aromatic N) is 1. The molecule has 1 fully saturated rings. The second kappa shape index (κ2) is 7.24. The third kappa shape index (κ3) is 4.69. The van der Waals surface area contributed by atoms with E-state index in [0.29, 0.717) is 17.4 Å². The highest BCUT2D eigenvalue weighted by molar-refractivity contribution is 7.89. The summed E-state index contributed by atoms with van der Waals surface area (Å²) in [5, 5.41) is 3.40. The Labute approximate surface area is 127 Å². The summed E-state index contributed by atoms with van der Waals surface area (Å²) in [4.78, 5) is 2.68. The molecule has 1 aromatic rings. The third-order valence-electron chi connectivity index (χ3n) is 3.82. The highest BCUT2D eigenvalue weighted by atomic mass is 32.2. The fourth-order valence-corrected chi connectivity index (χ4v) is 3.77. The molecule has 1 aliphatic heterocycles. The zero-order chi connectivity index (χ0) is 15.3. The molecule has 2 N–H and O–H groups in total. The lowest BCUT2D eigenvalue weighted by atomic mass is 9.98. The molecule has 0 spiro atoms. The Bertz CT molecular complexity index is 543. The van der Waals surface area contributed by atoms with Crippen molar-refractivity contribution >= 4 is 15.7 Å². The number of piperidine rings is 1. The number of rotatable bonds is 6. The molecule has 1 atom stereocenters. The maximum atomic E-state index is 11.8. The van der Waals surface area contributed by atoms with Crippen LogP contribution in [0.2, 0.25) is 0 Å². The van der Waals surface area contributed by atoms with Gasteiger partial charge < -0.3 is 10.2 Å². The van der Waals surface area contributed by atoms with E-state index in [9.17, 15) is 8.42 Å². The van der Waals surface area contributed by atoms with Crippen LogP contribution in [0.3, 0.4) is 0 Å². The van der Waals surface area contributed by atoms with E-state index in [-0.39, 0.29) is 0 Å². The Balaban J connectivity index is 1.90. The van der Waals surface area contributed by atoms with Gasteiger partial charge in [-0.1, -0.05) is 6.92 Å². The summed E-state index contributed by atoms with van der Waals surface area (Å²) in [6.45, 7) is 5.42. The molecule has 6 heteroatoms. The summed E-state index contributed by atoms with van der Waals surface area (Å²) < 4.78 is 26.2. The molecular weight excluding hydrogens is 286 g/mol. The highest BCUT2D eigenvalue weighted by Crippen LogP contribution is 2.18. The van der Waals surface area contributed by atoms with Crippen molar-refractivity contribution in [2.24, 2.45) is 5.92 Å². The van der Waals surface area contributed by atoms with Gasteiger partial charge in [-0.3, -0.25) is 0 Å². The van der Waals surface area contributed by atoms with E-state index < -0.39 is 10.0 Å². The molecule has 1 aromatic carbocycles. The fourth-order valence-electron chi connectivity index (χ4n) is 2.73. The summed E-state index contributed by atoms with van der Waals surface area (Å²) in [7, 11) is -1.19. The maximum Gasteiger partial charge on any atom is 0.240 e. The van der Waals surface area contributed by atoms with Crippen molar-refractivity contribution in [2.45, 2.75) is 24.7 Å². The summed E-state index contributed by atoms with van der Waals surface area (Å²) in [5.41, 5.74) is 0.971. The zero-order valence-corrected chi connectivity index (χ0v) is 13.6. The molecule has 0 aliphatic carbocycles. The van der Waals surface area contributed by atoms with E-state index in [1.54, 1.807) is 19.1 Å². The average molecular weight is 311 g/mol. The first kappa shape index (κ1) is 16.3. The van der Waals surface area contributed by atoms with Crippen LogP contribution in [0.5, 0.6) is 0 Å². The number of anilines is 1. The van der Waals surface area contributed by atoms with Crippen LogP contribution in [0, 0.1) is 5.92 Å². The van der Waals surface area contributed by atoms with Gasteiger partial charge in [0.05, 0.1) is 4.90 Å². The van der Waals surface area contributed by atoms with Crippen LogP contribution in [-0.2, 0) is 10.0 Å². The van der Waals surface area contributed by atoms with Gasteiger partial charge in [0.1, 0.15) is 0 Å². The van der Waals surface area contributed by atoms with E-state index in [1.807, 2.05) is 12.1 Å². The van der Waals surface area contributed by atoms with Crippen LogP contribution in [-0.4, -0.2) is 46.5 Å². The van der Waals surface area contributed by atoms with Crippen molar-refractivity contribution in [1.82, 2.24) is 9.62 Å². The van der Waals surface area contributed by atoms with Crippen molar-refractivity contribution < 1.29 is 8.42 Å². The first-order valence-electron chi connectivity index (χ1n) is 7.53. The molecule has 1 aliphatic rings. The predicted octanol–water partition coefficient (Wildman–Crippen LogP) is 1.74. The van der Waals surface area contributed by atoms with Gasteiger partial charge in [0.15, 0.2) is 0 Å². The lowest BCUT2D eigenvalue weighted by molar-refractivity contribution is 0.217. The summed E-state index contributed by atoms with van der Waals surface area (Å²) in [5.74, 6) is 0.661. The van der Waals surface area contributed by atoms with Gasteiger partial charge >= 0.3 is 0 Å². The van der Waals surface area contributed by atoms with Gasteiger partial charge in [-0.15, -0.1) is 0 Å². The van der Waals surface area contributed by atoms with E-state index in [0.717, 1.165) is 18.8 Å². The largest absolute Gasteiger partial charge is 0.385 e. The molecule has 2 rings (SSSR count).